The zero-order valence-corrected chi connectivity index (χ0v) is 9.71. The second-order valence-corrected chi connectivity index (χ2v) is 3.76. The highest BCUT2D eigenvalue weighted by Gasteiger charge is 2.18. The number of aliphatic hydroxyl groups is 1. The highest BCUT2D eigenvalue weighted by atomic mass is 35.5. The molecule has 84 valence electrons. The molecule has 0 aliphatic carbocycles. The zero-order valence-electron chi connectivity index (χ0n) is 8.20. The predicted octanol–water partition coefficient (Wildman–Crippen LogP) is 3.58. The highest BCUT2D eigenvalue weighted by molar-refractivity contribution is 6.37. The molecule has 0 spiro atoms. The van der Waals surface area contributed by atoms with E-state index in [0.717, 1.165) is 6.92 Å². The van der Waals surface area contributed by atoms with Crippen molar-refractivity contribution in [3.05, 3.63) is 44.4 Å². The summed E-state index contributed by atoms with van der Waals surface area (Å²) < 4.78 is 0. The van der Waals surface area contributed by atoms with Crippen LogP contribution < -0.4 is 0 Å². The SMILES string of the molecule is CC(=O)/C(N=O)=C(\O)c1c(Cl)cccc1Cl. The Morgan fingerprint density at radius 1 is 1.31 bits per heavy atom. The van der Waals surface area contributed by atoms with Crippen molar-refractivity contribution >= 4 is 34.7 Å². The molecule has 16 heavy (non-hydrogen) atoms. The van der Waals surface area contributed by atoms with Gasteiger partial charge in [0.25, 0.3) is 0 Å². The van der Waals surface area contributed by atoms with Gasteiger partial charge in [-0.25, -0.2) is 0 Å². The third kappa shape index (κ3) is 2.40. The van der Waals surface area contributed by atoms with Crippen LogP contribution in [-0.4, -0.2) is 10.9 Å². The van der Waals surface area contributed by atoms with Crippen LogP contribution in [0, 0.1) is 4.91 Å². The third-order valence-electron chi connectivity index (χ3n) is 1.85. The number of aliphatic hydroxyl groups excluding tert-OH is 1. The number of hydrogen-bond acceptors (Lipinski definition) is 4. The second-order valence-electron chi connectivity index (χ2n) is 2.94. The quantitative estimate of drug-likeness (QED) is 0.513. The molecule has 0 fully saturated rings. The molecule has 0 saturated carbocycles. The minimum atomic E-state index is -0.663. The number of benzene rings is 1. The van der Waals surface area contributed by atoms with Crippen molar-refractivity contribution in [1.82, 2.24) is 0 Å². The molecule has 0 aliphatic rings. The minimum Gasteiger partial charge on any atom is -0.505 e. The van der Waals surface area contributed by atoms with E-state index in [0.29, 0.717) is 0 Å². The van der Waals surface area contributed by atoms with E-state index in [1.807, 2.05) is 0 Å². The average molecular weight is 260 g/mol. The average Bonchev–Trinajstić information content (AvgIpc) is 2.17. The maximum atomic E-state index is 11.0. The Labute approximate surface area is 101 Å². The molecule has 1 rings (SSSR count). The molecule has 1 N–H and O–H groups in total. The lowest BCUT2D eigenvalue weighted by molar-refractivity contribution is -0.113. The van der Waals surface area contributed by atoms with Gasteiger partial charge in [0.05, 0.1) is 15.6 Å². The van der Waals surface area contributed by atoms with E-state index in [2.05, 4.69) is 5.18 Å². The van der Waals surface area contributed by atoms with Crippen molar-refractivity contribution in [3.8, 4) is 0 Å². The van der Waals surface area contributed by atoms with Gasteiger partial charge in [0, 0.05) is 6.92 Å². The predicted molar refractivity (Wildman–Crippen MR) is 62.5 cm³/mol. The fourth-order valence-corrected chi connectivity index (χ4v) is 1.69. The van der Waals surface area contributed by atoms with Crippen molar-refractivity contribution in [3.63, 3.8) is 0 Å². The number of nitroso groups, excluding NO2 is 1. The number of halogens is 2. The van der Waals surface area contributed by atoms with Crippen LogP contribution in [0.3, 0.4) is 0 Å². The summed E-state index contributed by atoms with van der Waals surface area (Å²) in [5.74, 6) is -1.28. The third-order valence-corrected chi connectivity index (χ3v) is 2.48. The summed E-state index contributed by atoms with van der Waals surface area (Å²) in [6.45, 7) is 1.11. The lowest BCUT2D eigenvalue weighted by Gasteiger charge is -2.06. The van der Waals surface area contributed by atoms with Gasteiger partial charge in [-0.3, -0.25) is 4.79 Å². The van der Waals surface area contributed by atoms with E-state index in [1.54, 1.807) is 6.07 Å². The molecule has 0 bridgehead atoms. The summed E-state index contributed by atoms with van der Waals surface area (Å²) in [5, 5.41) is 12.4. The Kier molecular flexibility index (Phi) is 4.04. The summed E-state index contributed by atoms with van der Waals surface area (Å²) in [5.41, 5.74) is -0.578. The van der Waals surface area contributed by atoms with Crippen LogP contribution in [0.5, 0.6) is 0 Å². The second kappa shape index (κ2) is 5.09. The Morgan fingerprint density at radius 2 is 1.81 bits per heavy atom. The molecule has 0 aromatic heterocycles. The van der Waals surface area contributed by atoms with E-state index in [1.165, 1.54) is 12.1 Å². The number of Topliss-reactive ketones (excluding diaryl/α,β-unsaturated/α-hetero) is 1. The normalized spacial score (nSPS) is 11.9. The number of hydrogen-bond donors (Lipinski definition) is 1. The van der Waals surface area contributed by atoms with Gasteiger partial charge in [-0.15, -0.1) is 4.91 Å². The molecule has 0 saturated heterocycles. The van der Waals surface area contributed by atoms with Gasteiger partial charge in [-0.2, -0.15) is 0 Å². The van der Waals surface area contributed by atoms with Crippen LogP contribution >= 0.6 is 23.2 Å². The Bertz CT molecular complexity index is 463. The van der Waals surface area contributed by atoms with Crippen molar-refractivity contribution in [2.45, 2.75) is 6.92 Å². The molecule has 0 aliphatic heterocycles. The van der Waals surface area contributed by atoms with Crippen molar-refractivity contribution < 1.29 is 9.90 Å². The van der Waals surface area contributed by atoms with Crippen molar-refractivity contribution in [2.24, 2.45) is 5.18 Å². The van der Waals surface area contributed by atoms with Gasteiger partial charge in [0.2, 0.25) is 0 Å². The van der Waals surface area contributed by atoms with Crippen molar-refractivity contribution in [2.75, 3.05) is 0 Å². The lowest BCUT2D eigenvalue weighted by Crippen LogP contribution is -1.99. The number of nitrogens with zero attached hydrogens (tertiary/aromatic N) is 1. The molecule has 0 unspecified atom stereocenters. The summed E-state index contributed by atoms with van der Waals surface area (Å²) in [4.78, 5) is 21.4. The summed E-state index contributed by atoms with van der Waals surface area (Å²) in [6, 6.07) is 4.52. The number of carbonyl (C=O) groups excluding carboxylic acids is 1. The first-order valence-electron chi connectivity index (χ1n) is 4.21. The van der Waals surface area contributed by atoms with E-state index in [4.69, 9.17) is 23.2 Å². The van der Waals surface area contributed by atoms with E-state index < -0.39 is 17.2 Å². The first-order valence-corrected chi connectivity index (χ1v) is 4.96. The number of allylic oxidation sites excluding steroid dienone is 1. The maximum absolute atomic E-state index is 11.0. The first kappa shape index (κ1) is 12.7. The first-order chi connectivity index (χ1) is 7.49. The van der Waals surface area contributed by atoms with Gasteiger partial charge < -0.3 is 5.11 Å². The molecular weight excluding hydrogens is 253 g/mol. The van der Waals surface area contributed by atoms with E-state index >= 15 is 0 Å². The molecule has 0 amide bonds. The van der Waals surface area contributed by atoms with Crippen molar-refractivity contribution in [1.29, 1.82) is 0 Å². The maximum Gasteiger partial charge on any atom is 0.192 e. The fraction of sp³-hybridized carbons (Fsp3) is 0.100. The molecule has 0 atom stereocenters. The van der Waals surface area contributed by atoms with Crippen LogP contribution in [0.1, 0.15) is 12.5 Å². The summed E-state index contributed by atoms with van der Waals surface area (Å²) in [6.07, 6.45) is 0. The monoisotopic (exact) mass is 259 g/mol. The molecular formula is C10H7Cl2NO3. The van der Waals surface area contributed by atoms with E-state index in [-0.39, 0.29) is 15.6 Å². The Hall–Kier alpha value is -1.39. The van der Waals surface area contributed by atoms with Gasteiger partial charge in [0.1, 0.15) is 0 Å². The largest absolute Gasteiger partial charge is 0.505 e. The van der Waals surface area contributed by atoms with Crippen LogP contribution in [-0.2, 0) is 4.79 Å². The zero-order chi connectivity index (χ0) is 12.3. The van der Waals surface area contributed by atoms with Crippen LogP contribution in [0.4, 0.5) is 0 Å². The topological polar surface area (TPSA) is 66.7 Å². The van der Waals surface area contributed by atoms with Gasteiger partial charge in [0.15, 0.2) is 17.2 Å². The number of carbonyl (C=O) groups is 1. The Balaban J connectivity index is 3.49. The molecule has 4 nitrogen and oxygen atoms in total. The minimum absolute atomic E-state index is 0.0237. The lowest BCUT2D eigenvalue weighted by atomic mass is 10.1. The molecule has 6 heteroatoms. The smallest absolute Gasteiger partial charge is 0.192 e. The summed E-state index contributed by atoms with van der Waals surface area (Å²) in [7, 11) is 0. The van der Waals surface area contributed by atoms with E-state index in [9.17, 15) is 14.8 Å². The molecule has 0 heterocycles. The fourth-order valence-electron chi connectivity index (χ4n) is 1.12. The standard InChI is InChI=1S/C10H7Cl2NO3/c1-5(14)9(13-16)10(15)8-6(11)3-2-4-7(8)12/h2-4,15H,1H3/b10-9+. The summed E-state index contributed by atoms with van der Waals surface area (Å²) >= 11 is 11.6. The van der Waals surface area contributed by atoms with Gasteiger partial charge in [-0.05, 0) is 17.3 Å². The molecule has 1 aromatic rings. The van der Waals surface area contributed by atoms with Gasteiger partial charge >= 0.3 is 0 Å². The number of rotatable bonds is 3. The van der Waals surface area contributed by atoms with Crippen LogP contribution in [0.15, 0.2) is 29.1 Å². The molecule has 0 radical (unpaired) electrons. The highest BCUT2D eigenvalue weighted by Crippen LogP contribution is 2.31. The number of ketones is 1. The molecule has 1 aromatic carbocycles. The van der Waals surface area contributed by atoms with Crippen LogP contribution in [0.2, 0.25) is 10.0 Å². The van der Waals surface area contributed by atoms with Gasteiger partial charge in [-0.1, -0.05) is 29.3 Å². The van der Waals surface area contributed by atoms with Crippen LogP contribution in [0.25, 0.3) is 5.76 Å². The Morgan fingerprint density at radius 3 is 2.19 bits per heavy atom.